The lowest BCUT2D eigenvalue weighted by Gasteiger charge is -2.17. The highest BCUT2D eigenvalue weighted by Gasteiger charge is 2.14. The summed E-state index contributed by atoms with van der Waals surface area (Å²) in [5, 5.41) is 7.05. The molecule has 0 radical (unpaired) electrons. The van der Waals surface area contributed by atoms with E-state index in [1.54, 1.807) is 11.0 Å². The van der Waals surface area contributed by atoms with Crippen LogP contribution in [0.4, 0.5) is 0 Å². The van der Waals surface area contributed by atoms with E-state index in [1.807, 2.05) is 6.92 Å². The van der Waals surface area contributed by atoms with Crippen LogP contribution < -0.4 is 5.32 Å². The highest BCUT2D eigenvalue weighted by molar-refractivity contribution is 5.78. The third-order valence-corrected chi connectivity index (χ3v) is 4.25. The molecule has 1 amide bonds. The molecule has 3 rings (SSSR count). The highest BCUT2D eigenvalue weighted by atomic mass is 16.1. The summed E-state index contributed by atoms with van der Waals surface area (Å²) in [4.78, 5) is 16.0. The maximum Gasteiger partial charge on any atom is 0.224 e. The number of nitrogens with one attached hydrogen (secondary N) is 1. The Kier molecular flexibility index (Phi) is 4.51. The number of benzene rings is 1. The molecule has 0 saturated carbocycles. The molecule has 1 unspecified atom stereocenters. The van der Waals surface area contributed by atoms with E-state index < -0.39 is 0 Å². The van der Waals surface area contributed by atoms with Crippen molar-refractivity contribution in [2.75, 3.05) is 0 Å². The molecular weight excluding hydrogens is 276 g/mol. The molecular formula is C17H22N4O. The third kappa shape index (κ3) is 3.53. The predicted molar refractivity (Wildman–Crippen MR) is 84.1 cm³/mol. The second-order valence-electron chi connectivity index (χ2n) is 6.05. The first kappa shape index (κ1) is 14.8. The molecule has 5 nitrogen and oxygen atoms in total. The van der Waals surface area contributed by atoms with Gasteiger partial charge in [0.1, 0.15) is 12.7 Å². The molecule has 0 fully saturated rings. The van der Waals surface area contributed by atoms with Crippen molar-refractivity contribution in [2.45, 2.75) is 45.7 Å². The molecule has 0 spiro atoms. The van der Waals surface area contributed by atoms with Gasteiger partial charge in [-0.2, -0.15) is 5.10 Å². The van der Waals surface area contributed by atoms with Crippen molar-refractivity contribution in [1.82, 2.24) is 20.1 Å². The molecule has 0 bridgehead atoms. The summed E-state index contributed by atoms with van der Waals surface area (Å²) in [7, 11) is 0. The van der Waals surface area contributed by atoms with Crippen molar-refractivity contribution in [3.63, 3.8) is 0 Å². The molecule has 2 aromatic rings. The number of hydrogen-bond donors (Lipinski definition) is 1. The van der Waals surface area contributed by atoms with E-state index in [0.717, 1.165) is 0 Å². The fraction of sp³-hybridized carbons (Fsp3) is 0.471. The molecule has 0 aliphatic heterocycles. The molecule has 1 aromatic carbocycles. The number of rotatable bonds is 5. The largest absolute Gasteiger partial charge is 0.352 e. The summed E-state index contributed by atoms with van der Waals surface area (Å²) in [5.74, 6) is -0.0763. The molecule has 116 valence electrons. The van der Waals surface area contributed by atoms with Crippen LogP contribution in [0.3, 0.4) is 0 Å². The van der Waals surface area contributed by atoms with Crippen molar-refractivity contribution >= 4 is 5.91 Å². The van der Waals surface area contributed by atoms with Gasteiger partial charge in [-0.05, 0) is 42.4 Å². The van der Waals surface area contributed by atoms with Crippen molar-refractivity contribution in [3.05, 3.63) is 47.5 Å². The molecule has 22 heavy (non-hydrogen) atoms. The SMILES string of the molecule is CC(Cn1cncn1)C(=O)NCc1ccc2c(c1)CCCC2. The Bertz CT molecular complexity index is 636. The number of nitrogens with zero attached hydrogens (tertiary/aromatic N) is 3. The van der Waals surface area contributed by atoms with E-state index in [-0.39, 0.29) is 11.8 Å². The van der Waals surface area contributed by atoms with Gasteiger partial charge in [0.15, 0.2) is 0 Å². The van der Waals surface area contributed by atoms with Gasteiger partial charge in [-0.1, -0.05) is 25.1 Å². The molecule has 1 aliphatic carbocycles. The van der Waals surface area contributed by atoms with Crippen LogP contribution in [0, 0.1) is 5.92 Å². The number of aryl methyl sites for hydroxylation is 2. The Morgan fingerprint density at radius 2 is 2.14 bits per heavy atom. The normalized spacial score (nSPS) is 15.1. The predicted octanol–water partition coefficient (Wildman–Crippen LogP) is 2.11. The molecule has 0 saturated heterocycles. The number of carbonyl (C=O) groups excluding carboxylic acids is 1. The lowest BCUT2D eigenvalue weighted by atomic mass is 9.90. The second-order valence-corrected chi connectivity index (χ2v) is 6.05. The van der Waals surface area contributed by atoms with Crippen LogP contribution >= 0.6 is 0 Å². The fourth-order valence-corrected chi connectivity index (χ4v) is 2.95. The van der Waals surface area contributed by atoms with Crippen LogP contribution in [0.5, 0.6) is 0 Å². The minimum atomic E-state index is -0.126. The van der Waals surface area contributed by atoms with E-state index in [1.165, 1.54) is 48.7 Å². The Morgan fingerprint density at radius 3 is 2.91 bits per heavy atom. The zero-order chi connectivity index (χ0) is 15.4. The highest BCUT2D eigenvalue weighted by Crippen LogP contribution is 2.22. The summed E-state index contributed by atoms with van der Waals surface area (Å²) >= 11 is 0. The van der Waals surface area contributed by atoms with Crippen LogP contribution in [0.15, 0.2) is 30.9 Å². The molecule has 1 N–H and O–H groups in total. The molecule has 1 atom stereocenters. The molecule has 1 aromatic heterocycles. The first-order valence-electron chi connectivity index (χ1n) is 7.93. The average molecular weight is 298 g/mol. The van der Waals surface area contributed by atoms with E-state index in [4.69, 9.17) is 0 Å². The minimum absolute atomic E-state index is 0.0493. The smallest absolute Gasteiger partial charge is 0.224 e. The van der Waals surface area contributed by atoms with Gasteiger partial charge in [0.2, 0.25) is 5.91 Å². The summed E-state index contributed by atoms with van der Waals surface area (Å²) in [5.41, 5.74) is 4.11. The van der Waals surface area contributed by atoms with Gasteiger partial charge in [0, 0.05) is 6.54 Å². The summed E-state index contributed by atoms with van der Waals surface area (Å²) in [6.07, 6.45) is 8.04. The number of hydrogen-bond acceptors (Lipinski definition) is 3. The van der Waals surface area contributed by atoms with Crippen molar-refractivity contribution < 1.29 is 4.79 Å². The minimum Gasteiger partial charge on any atom is -0.352 e. The monoisotopic (exact) mass is 298 g/mol. The standard InChI is InChI=1S/C17H22N4O/c1-13(10-21-12-18-11-20-21)17(22)19-9-14-6-7-15-4-2-3-5-16(15)8-14/h6-8,11-13H,2-5,9-10H2,1H3,(H,19,22). The average Bonchev–Trinajstić information content (AvgIpc) is 3.05. The lowest BCUT2D eigenvalue weighted by molar-refractivity contribution is -0.125. The molecule has 5 heteroatoms. The number of aromatic nitrogens is 3. The Balaban J connectivity index is 1.54. The quantitative estimate of drug-likeness (QED) is 0.919. The second kappa shape index (κ2) is 6.73. The maximum absolute atomic E-state index is 12.2. The van der Waals surface area contributed by atoms with E-state index >= 15 is 0 Å². The fourth-order valence-electron chi connectivity index (χ4n) is 2.95. The Morgan fingerprint density at radius 1 is 1.32 bits per heavy atom. The number of amides is 1. The van der Waals surface area contributed by atoms with Gasteiger partial charge in [-0.25, -0.2) is 4.98 Å². The van der Waals surface area contributed by atoms with Gasteiger partial charge in [-0.3, -0.25) is 9.48 Å². The Hall–Kier alpha value is -2.17. The zero-order valence-electron chi connectivity index (χ0n) is 13.0. The molecule has 1 aliphatic rings. The van der Waals surface area contributed by atoms with Crippen LogP contribution in [-0.2, 0) is 30.7 Å². The first-order valence-corrected chi connectivity index (χ1v) is 7.93. The van der Waals surface area contributed by atoms with Crippen molar-refractivity contribution in [2.24, 2.45) is 5.92 Å². The van der Waals surface area contributed by atoms with Gasteiger partial charge in [-0.15, -0.1) is 0 Å². The summed E-state index contributed by atoms with van der Waals surface area (Å²) in [6, 6.07) is 6.60. The summed E-state index contributed by atoms with van der Waals surface area (Å²) in [6.45, 7) is 3.05. The van der Waals surface area contributed by atoms with Crippen LogP contribution in [0.1, 0.15) is 36.5 Å². The van der Waals surface area contributed by atoms with E-state index in [2.05, 4.69) is 33.6 Å². The first-order chi connectivity index (χ1) is 10.7. The van der Waals surface area contributed by atoms with Gasteiger partial charge < -0.3 is 5.32 Å². The lowest BCUT2D eigenvalue weighted by Crippen LogP contribution is -2.31. The van der Waals surface area contributed by atoms with Crippen molar-refractivity contribution in [1.29, 1.82) is 0 Å². The van der Waals surface area contributed by atoms with Gasteiger partial charge in [0.25, 0.3) is 0 Å². The van der Waals surface area contributed by atoms with Crippen LogP contribution in [0.2, 0.25) is 0 Å². The van der Waals surface area contributed by atoms with Crippen LogP contribution in [-0.4, -0.2) is 20.7 Å². The maximum atomic E-state index is 12.2. The van der Waals surface area contributed by atoms with E-state index in [0.29, 0.717) is 13.1 Å². The van der Waals surface area contributed by atoms with E-state index in [9.17, 15) is 4.79 Å². The van der Waals surface area contributed by atoms with Gasteiger partial charge in [0.05, 0.1) is 12.5 Å². The zero-order valence-corrected chi connectivity index (χ0v) is 13.0. The summed E-state index contributed by atoms with van der Waals surface area (Å²) < 4.78 is 1.68. The Labute approximate surface area is 130 Å². The number of carbonyl (C=O) groups is 1. The molecule has 1 heterocycles. The number of fused-ring (bicyclic) bond motifs is 1. The van der Waals surface area contributed by atoms with Crippen molar-refractivity contribution in [3.8, 4) is 0 Å². The van der Waals surface area contributed by atoms with Crippen LogP contribution in [0.25, 0.3) is 0 Å². The van der Waals surface area contributed by atoms with Gasteiger partial charge >= 0.3 is 0 Å². The topological polar surface area (TPSA) is 59.8 Å². The third-order valence-electron chi connectivity index (χ3n) is 4.25.